The Balaban J connectivity index is 2.05. The lowest BCUT2D eigenvalue weighted by Crippen LogP contribution is -1.97. The number of methoxy groups -OCH3 is 1. The zero-order chi connectivity index (χ0) is 14.4. The average Bonchev–Trinajstić information content (AvgIpc) is 2.53. The van der Waals surface area contributed by atoms with Crippen molar-refractivity contribution in [2.24, 2.45) is 0 Å². The molecule has 3 nitrogen and oxygen atoms in total. The largest absolute Gasteiger partial charge is 0.495 e. The van der Waals surface area contributed by atoms with Gasteiger partial charge in [-0.15, -0.1) is 11.6 Å². The van der Waals surface area contributed by atoms with E-state index >= 15 is 0 Å². The van der Waals surface area contributed by atoms with Gasteiger partial charge in [0.1, 0.15) is 24.2 Å². The zero-order valence-electron chi connectivity index (χ0n) is 11.1. The number of hydrogen-bond donors (Lipinski definition) is 0. The molecule has 0 aliphatic heterocycles. The Hall–Kier alpha value is -2.18. The van der Waals surface area contributed by atoms with Crippen molar-refractivity contribution < 1.29 is 9.47 Å². The van der Waals surface area contributed by atoms with Crippen LogP contribution >= 0.6 is 11.6 Å². The fourth-order valence-corrected chi connectivity index (χ4v) is 1.95. The number of ether oxygens (including phenoxy) is 2. The van der Waals surface area contributed by atoms with E-state index in [2.05, 4.69) is 6.07 Å². The van der Waals surface area contributed by atoms with E-state index in [1.165, 1.54) is 0 Å². The highest BCUT2D eigenvalue weighted by Gasteiger charge is 2.04. The minimum absolute atomic E-state index is 0.402. The van der Waals surface area contributed by atoms with Crippen molar-refractivity contribution in [1.29, 1.82) is 5.26 Å². The van der Waals surface area contributed by atoms with Crippen LogP contribution in [0.2, 0.25) is 0 Å². The van der Waals surface area contributed by atoms with Crippen LogP contribution in [0.3, 0.4) is 0 Å². The topological polar surface area (TPSA) is 42.2 Å². The summed E-state index contributed by atoms with van der Waals surface area (Å²) < 4.78 is 10.8. The second-order valence-electron chi connectivity index (χ2n) is 4.21. The number of rotatable bonds is 5. The number of benzene rings is 2. The fourth-order valence-electron chi connectivity index (χ4n) is 1.77. The molecule has 0 fully saturated rings. The van der Waals surface area contributed by atoms with Gasteiger partial charge in [-0.05, 0) is 35.4 Å². The average molecular weight is 288 g/mol. The molecule has 0 radical (unpaired) electrons. The van der Waals surface area contributed by atoms with Gasteiger partial charge in [-0.2, -0.15) is 5.26 Å². The van der Waals surface area contributed by atoms with Gasteiger partial charge in [-0.3, -0.25) is 0 Å². The summed E-state index contributed by atoms with van der Waals surface area (Å²) in [7, 11) is 1.55. The van der Waals surface area contributed by atoms with Crippen LogP contribution in [0.25, 0.3) is 0 Å². The van der Waals surface area contributed by atoms with E-state index in [0.717, 1.165) is 16.9 Å². The zero-order valence-corrected chi connectivity index (χ0v) is 11.9. The fraction of sp³-hybridized carbons (Fsp3) is 0.188. The van der Waals surface area contributed by atoms with E-state index in [0.29, 0.717) is 23.8 Å². The molecular formula is C16H14ClNO2. The maximum Gasteiger partial charge on any atom is 0.136 e. The molecule has 0 N–H and O–H groups in total. The smallest absolute Gasteiger partial charge is 0.136 e. The van der Waals surface area contributed by atoms with Gasteiger partial charge in [0.05, 0.1) is 12.7 Å². The van der Waals surface area contributed by atoms with Gasteiger partial charge in [0, 0.05) is 5.88 Å². The summed E-state index contributed by atoms with van der Waals surface area (Å²) in [5, 5.41) is 9.03. The van der Waals surface area contributed by atoms with Crippen molar-refractivity contribution in [3.63, 3.8) is 0 Å². The van der Waals surface area contributed by atoms with Crippen molar-refractivity contribution in [3.05, 3.63) is 59.2 Å². The number of halogens is 1. The summed E-state index contributed by atoms with van der Waals surface area (Å²) in [6, 6.07) is 15.1. The Morgan fingerprint density at radius 3 is 2.40 bits per heavy atom. The summed E-state index contributed by atoms with van der Waals surface area (Å²) in [6.45, 7) is 0.402. The SMILES string of the molecule is COc1ccc(COc2ccc(CCl)cc2)cc1C#N. The highest BCUT2D eigenvalue weighted by molar-refractivity contribution is 6.17. The Morgan fingerprint density at radius 1 is 1.10 bits per heavy atom. The number of nitrogens with zero attached hydrogens (tertiary/aromatic N) is 1. The number of nitriles is 1. The van der Waals surface area contributed by atoms with Crippen LogP contribution in [0.5, 0.6) is 11.5 Å². The van der Waals surface area contributed by atoms with Crippen LogP contribution in [0.4, 0.5) is 0 Å². The predicted molar refractivity (Wildman–Crippen MR) is 78.0 cm³/mol. The van der Waals surface area contributed by atoms with Gasteiger partial charge < -0.3 is 9.47 Å². The number of alkyl halides is 1. The van der Waals surface area contributed by atoms with E-state index in [1.54, 1.807) is 19.2 Å². The summed E-state index contributed by atoms with van der Waals surface area (Å²) in [4.78, 5) is 0. The summed E-state index contributed by atoms with van der Waals surface area (Å²) in [6.07, 6.45) is 0. The quantitative estimate of drug-likeness (QED) is 0.784. The first kappa shape index (κ1) is 14.2. The van der Waals surface area contributed by atoms with Crippen LogP contribution in [-0.4, -0.2) is 7.11 Å². The van der Waals surface area contributed by atoms with Crippen molar-refractivity contribution in [1.82, 2.24) is 0 Å². The standard InChI is InChI=1S/C16H14ClNO2/c1-19-16-7-4-13(8-14(16)10-18)11-20-15-5-2-12(9-17)3-6-15/h2-8H,9,11H2,1H3. The molecule has 0 saturated heterocycles. The molecule has 0 atom stereocenters. The molecule has 0 unspecified atom stereocenters. The van der Waals surface area contributed by atoms with Crippen LogP contribution < -0.4 is 9.47 Å². The summed E-state index contributed by atoms with van der Waals surface area (Å²) >= 11 is 5.73. The lowest BCUT2D eigenvalue weighted by Gasteiger charge is -2.08. The van der Waals surface area contributed by atoms with Crippen LogP contribution in [0.15, 0.2) is 42.5 Å². The van der Waals surface area contributed by atoms with E-state index in [4.69, 9.17) is 26.3 Å². The molecular weight excluding hydrogens is 274 g/mol. The molecule has 0 bridgehead atoms. The van der Waals surface area contributed by atoms with E-state index < -0.39 is 0 Å². The minimum atomic E-state index is 0.402. The van der Waals surface area contributed by atoms with Crippen LogP contribution in [-0.2, 0) is 12.5 Å². The van der Waals surface area contributed by atoms with Gasteiger partial charge in [0.25, 0.3) is 0 Å². The van der Waals surface area contributed by atoms with E-state index in [9.17, 15) is 0 Å². The Kier molecular flexibility index (Phi) is 4.86. The van der Waals surface area contributed by atoms with E-state index in [1.807, 2.05) is 30.3 Å². The lowest BCUT2D eigenvalue weighted by molar-refractivity contribution is 0.306. The predicted octanol–water partition coefficient (Wildman–Crippen LogP) is 3.88. The Labute approximate surface area is 123 Å². The third-order valence-electron chi connectivity index (χ3n) is 2.87. The monoisotopic (exact) mass is 287 g/mol. The third kappa shape index (κ3) is 3.43. The highest BCUT2D eigenvalue weighted by Crippen LogP contribution is 2.20. The molecule has 0 heterocycles. The van der Waals surface area contributed by atoms with Gasteiger partial charge in [-0.1, -0.05) is 18.2 Å². The molecule has 20 heavy (non-hydrogen) atoms. The molecule has 102 valence electrons. The van der Waals surface area contributed by atoms with Crippen LogP contribution in [0, 0.1) is 11.3 Å². The van der Waals surface area contributed by atoms with Gasteiger partial charge in [0.15, 0.2) is 0 Å². The number of hydrogen-bond acceptors (Lipinski definition) is 3. The molecule has 0 saturated carbocycles. The summed E-state index contributed by atoms with van der Waals surface area (Å²) in [5.41, 5.74) is 2.48. The second-order valence-corrected chi connectivity index (χ2v) is 4.48. The molecule has 0 aliphatic rings. The maximum absolute atomic E-state index is 9.03. The second kappa shape index (κ2) is 6.83. The lowest BCUT2D eigenvalue weighted by atomic mass is 10.1. The van der Waals surface area contributed by atoms with Gasteiger partial charge in [-0.25, -0.2) is 0 Å². The maximum atomic E-state index is 9.03. The molecule has 0 aliphatic carbocycles. The van der Waals surface area contributed by atoms with Crippen molar-refractivity contribution in [2.45, 2.75) is 12.5 Å². The molecule has 0 amide bonds. The minimum Gasteiger partial charge on any atom is -0.495 e. The normalized spacial score (nSPS) is 9.85. The van der Waals surface area contributed by atoms with E-state index in [-0.39, 0.29) is 0 Å². The molecule has 2 aromatic rings. The van der Waals surface area contributed by atoms with Crippen molar-refractivity contribution >= 4 is 11.6 Å². The highest BCUT2D eigenvalue weighted by atomic mass is 35.5. The molecule has 0 spiro atoms. The first-order valence-electron chi connectivity index (χ1n) is 6.11. The Bertz CT molecular complexity index is 617. The molecule has 0 aromatic heterocycles. The Morgan fingerprint density at radius 2 is 1.80 bits per heavy atom. The molecule has 4 heteroatoms. The molecule has 2 rings (SSSR count). The van der Waals surface area contributed by atoms with Crippen molar-refractivity contribution in [2.75, 3.05) is 7.11 Å². The first-order valence-corrected chi connectivity index (χ1v) is 6.65. The summed E-state index contributed by atoms with van der Waals surface area (Å²) in [5.74, 6) is 1.83. The van der Waals surface area contributed by atoms with Gasteiger partial charge >= 0.3 is 0 Å². The van der Waals surface area contributed by atoms with Crippen LogP contribution in [0.1, 0.15) is 16.7 Å². The first-order chi connectivity index (χ1) is 9.76. The van der Waals surface area contributed by atoms with Gasteiger partial charge in [0.2, 0.25) is 0 Å². The third-order valence-corrected chi connectivity index (χ3v) is 3.18. The molecule has 2 aromatic carbocycles. The van der Waals surface area contributed by atoms with Crippen molar-refractivity contribution in [3.8, 4) is 17.6 Å².